The summed E-state index contributed by atoms with van der Waals surface area (Å²) in [5.74, 6) is -1.34. The zero-order valence-electron chi connectivity index (χ0n) is 22.4. The van der Waals surface area contributed by atoms with Gasteiger partial charge in [-0.15, -0.1) is 0 Å². The Hall–Kier alpha value is -4.27. The topological polar surface area (TPSA) is 101 Å². The van der Waals surface area contributed by atoms with Crippen LogP contribution in [0.1, 0.15) is 30.9 Å². The number of rotatable bonds is 10. The maximum atomic E-state index is 13.9. The molecule has 2 aliphatic heterocycles. The Bertz CT molecular complexity index is 1420. The van der Waals surface area contributed by atoms with E-state index in [1.54, 1.807) is 47.1 Å². The maximum Gasteiger partial charge on any atom is 0.268 e. The highest BCUT2D eigenvalue weighted by Crippen LogP contribution is 2.49. The number of carbonyl (C=O) groups excluding carboxylic acids is 3. The van der Waals surface area contributed by atoms with Gasteiger partial charge in [0.05, 0.1) is 12.3 Å². The third-order valence-electron chi connectivity index (χ3n) is 7.65. The third-order valence-corrected chi connectivity index (χ3v) is 7.65. The van der Waals surface area contributed by atoms with E-state index in [4.69, 9.17) is 0 Å². The predicted octanol–water partition coefficient (Wildman–Crippen LogP) is 3.89. The summed E-state index contributed by atoms with van der Waals surface area (Å²) in [5, 5.41) is 21.5. The number of nitrogens with zero attached hydrogens (tertiary/aromatic N) is 3. The van der Waals surface area contributed by atoms with Crippen molar-refractivity contribution >= 4 is 34.8 Å². The van der Waals surface area contributed by atoms with E-state index in [2.05, 4.69) is 0 Å². The summed E-state index contributed by atoms with van der Waals surface area (Å²) >= 11 is 0. The van der Waals surface area contributed by atoms with Crippen LogP contribution in [0.15, 0.2) is 91.0 Å². The molecule has 3 aromatic rings. The average molecular weight is 540 g/mol. The number of para-hydroxylation sites is 1. The van der Waals surface area contributed by atoms with Gasteiger partial charge in [-0.3, -0.25) is 19.3 Å². The number of carbonyl (C=O) groups is 3. The van der Waals surface area contributed by atoms with Crippen LogP contribution in [0.25, 0.3) is 0 Å². The van der Waals surface area contributed by atoms with Crippen molar-refractivity contribution in [3.05, 3.63) is 102 Å². The fourth-order valence-electron chi connectivity index (χ4n) is 5.31. The first-order valence-electron chi connectivity index (χ1n) is 13.5. The fourth-order valence-corrected chi connectivity index (χ4v) is 5.31. The van der Waals surface area contributed by atoms with Gasteiger partial charge in [-0.05, 0) is 35.9 Å². The minimum atomic E-state index is -1.90. The van der Waals surface area contributed by atoms with Crippen LogP contribution in [-0.2, 0) is 26.5 Å². The first-order valence-corrected chi connectivity index (χ1v) is 13.5. The van der Waals surface area contributed by atoms with E-state index in [0.29, 0.717) is 42.1 Å². The number of fused-ring (bicyclic) bond motifs is 1. The highest BCUT2D eigenvalue weighted by Gasteiger charge is 2.53. The van der Waals surface area contributed by atoms with E-state index in [0.717, 1.165) is 5.56 Å². The molecule has 0 unspecified atom stereocenters. The molecule has 0 aromatic heterocycles. The Labute approximate surface area is 233 Å². The van der Waals surface area contributed by atoms with Crippen LogP contribution < -0.4 is 9.80 Å². The lowest BCUT2D eigenvalue weighted by atomic mass is 9.82. The molecule has 0 radical (unpaired) electrons. The maximum absolute atomic E-state index is 13.9. The molecule has 1 saturated heterocycles. The second-order valence-electron chi connectivity index (χ2n) is 10.2. The molecular formula is C32H33N3O5. The number of aliphatic hydroxyl groups is 2. The van der Waals surface area contributed by atoms with Crippen molar-refractivity contribution in [2.75, 3.05) is 29.5 Å². The summed E-state index contributed by atoms with van der Waals surface area (Å²) < 4.78 is 0. The Morgan fingerprint density at radius 2 is 1.73 bits per heavy atom. The standard InChI is InChI=1S/C32H33N3O5/c1-23(9-8-14-29(37)33(19-20-36)22-24-10-4-2-5-11-24)32(40)27-21-26(34-18-17-30(34)38)15-16-28(27)35(31(32)39)25-12-6-3-7-13-25/h2-13,15-16,21,23,36,40H,14,17-20,22H2,1H3/b9-8+/t23-,32+/m0/s1. The Kier molecular flexibility index (Phi) is 7.82. The first-order chi connectivity index (χ1) is 19.3. The van der Waals surface area contributed by atoms with Gasteiger partial charge in [-0.2, -0.15) is 0 Å². The Morgan fingerprint density at radius 3 is 2.35 bits per heavy atom. The summed E-state index contributed by atoms with van der Waals surface area (Å²) in [6.07, 6.45) is 3.89. The van der Waals surface area contributed by atoms with Crippen molar-refractivity contribution < 1.29 is 24.6 Å². The molecule has 2 aliphatic rings. The van der Waals surface area contributed by atoms with Crippen LogP contribution in [-0.4, -0.2) is 52.5 Å². The van der Waals surface area contributed by atoms with Gasteiger partial charge in [0, 0.05) is 55.3 Å². The van der Waals surface area contributed by atoms with Crippen molar-refractivity contribution in [2.24, 2.45) is 5.92 Å². The number of anilines is 3. The number of β-lactam (4-membered cyclic amide) rings is 1. The molecule has 206 valence electrons. The van der Waals surface area contributed by atoms with Gasteiger partial charge in [-0.25, -0.2) is 0 Å². The largest absolute Gasteiger partial charge is 0.395 e. The molecular weight excluding hydrogens is 506 g/mol. The average Bonchev–Trinajstić information content (AvgIpc) is 3.19. The number of hydrogen-bond acceptors (Lipinski definition) is 5. The minimum Gasteiger partial charge on any atom is -0.395 e. The van der Waals surface area contributed by atoms with Crippen LogP contribution in [0, 0.1) is 5.92 Å². The zero-order valence-corrected chi connectivity index (χ0v) is 22.4. The fraction of sp³-hybridized carbons (Fsp3) is 0.281. The molecule has 3 amide bonds. The number of amides is 3. The smallest absolute Gasteiger partial charge is 0.268 e. The van der Waals surface area contributed by atoms with E-state index >= 15 is 0 Å². The van der Waals surface area contributed by atoms with Crippen LogP contribution >= 0.6 is 0 Å². The van der Waals surface area contributed by atoms with E-state index in [-0.39, 0.29) is 31.4 Å². The summed E-state index contributed by atoms with van der Waals surface area (Å²) in [6.45, 7) is 2.77. The summed E-state index contributed by atoms with van der Waals surface area (Å²) in [4.78, 5) is 43.8. The lowest BCUT2D eigenvalue weighted by Crippen LogP contribution is -2.44. The number of hydrogen-bond donors (Lipinski definition) is 2. The van der Waals surface area contributed by atoms with E-state index in [9.17, 15) is 24.6 Å². The van der Waals surface area contributed by atoms with Crippen molar-refractivity contribution in [2.45, 2.75) is 31.9 Å². The molecule has 0 aliphatic carbocycles. The van der Waals surface area contributed by atoms with Crippen LogP contribution in [0.3, 0.4) is 0 Å². The summed E-state index contributed by atoms with van der Waals surface area (Å²) in [6, 6.07) is 24.0. The van der Waals surface area contributed by atoms with Crippen molar-refractivity contribution in [3.63, 3.8) is 0 Å². The molecule has 0 bridgehead atoms. The van der Waals surface area contributed by atoms with Crippen molar-refractivity contribution in [3.8, 4) is 0 Å². The predicted molar refractivity (Wildman–Crippen MR) is 153 cm³/mol. The molecule has 0 spiro atoms. The van der Waals surface area contributed by atoms with Crippen LogP contribution in [0.2, 0.25) is 0 Å². The monoisotopic (exact) mass is 539 g/mol. The second-order valence-corrected chi connectivity index (χ2v) is 10.2. The molecule has 5 rings (SSSR count). The Balaban J connectivity index is 1.40. The van der Waals surface area contributed by atoms with Gasteiger partial charge in [-0.1, -0.05) is 67.6 Å². The van der Waals surface area contributed by atoms with E-state index < -0.39 is 17.4 Å². The lowest BCUT2D eigenvalue weighted by Gasteiger charge is -2.32. The zero-order chi connectivity index (χ0) is 28.3. The van der Waals surface area contributed by atoms with Crippen molar-refractivity contribution in [1.82, 2.24) is 4.90 Å². The molecule has 40 heavy (non-hydrogen) atoms. The van der Waals surface area contributed by atoms with E-state index in [1.165, 1.54) is 4.90 Å². The summed E-state index contributed by atoms with van der Waals surface area (Å²) in [7, 11) is 0. The highest BCUT2D eigenvalue weighted by atomic mass is 16.3. The highest BCUT2D eigenvalue weighted by molar-refractivity contribution is 6.13. The van der Waals surface area contributed by atoms with Gasteiger partial charge < -0.3 is 20.0 Å². The van der Waals surface area contributed by atoms with Crippen LogP contribution in [0.5, 0.6) is 0 Å². The third kappa shape index (κ3) is 5.03. The normalized spacial score (nSPS) is 19.1. The molecule has 3 aromatic carbocycles. The molecule has 0 saturated carbocycles. The quantitative estimate of drug-likeness (QED) is 0.301. The molecule has 2 heterocycles. The van der Waals surface area contributed by atoms with Gasteiger partial charge in [0.25, 0.3) is 5.91 Å². The lowest BCUT2D eigenvalue weighted by molar-refractivity contribution is -0.138. The van der Waals surface area contributed by atoms with Gasteiger partial charge in [0.1, 0.15) is 0 Å². The molecule has 8 nitrogen and oxygen atoms in total. The number of benzene rings is 3. The molecule has 2 atom stereocenters. The van der Waals surface area contributed by atoms with Gasteiger partial charge >= 0.3 is 0 Å². The Morgan fingerprint density at radius 1 is 1.02 bits per heavy atom. The molecule has 1 fully saturated rings. The van der Waals surface area contributed by atoms with Gasteiger partial charge in [0.2, 0.25) is 11.8 Å². The summed E-state index contributed by atoms with van der Waals surface area (Å²) in [5.41, 5.74) is 1.31. The van der Waals surface area contributed by atoms with E-state index in [1.807, 2.05) is 60.7 Å². The number of aliphatic hydroxyl groups excluding tert-OH is 1. The second kappa shape index (κ2) is 11.5. The van der Waals surface area contributed by atoms with Crippen LogP contribution in [0.4, 0.5) is 17.1 Å². The first kappa shape index (κ1) is 27.3. The minimum absolute atomic E-state index is 0.00196. The molecule has 2 N–H and O–H groups in total. The van der Waals surface area contributed by atoms with Gasteiger partial charge in [0.15, 0.2) is 5.60 Å². The molecule has 8 heteroatoms. The van der Waals surface area contributed by atoms with Crippen molar-refractivity contribution in [1.29, 1.82) is 0 Å². The SMILES string of the molecule is C[C@@H](/C=C/CC(=O)N(CCO)Cc1ccccc1)[C@]1(O)C(=O)N(c2ccccc2)c2ccc(N3CCC3=O)cc21.